The second kappa shape index (κ2) is 8.50. The summed E-state index contributed by atoms with van der Waals surface area (Å²) in [6.07, 6.45) is 4.50. The van der Waals surface area contributed by atoms with Crippen molar-refractivity contribution in [2.45, 2.75) is 64.0 Å². The van der Waals surface area contributed by atoms with Crippen LogP contribution in [-0.4, -0.2) is 37.3 Å². The van der Waals surface area contributed by atoms with Crippen LogP contribution in [-0.2, 0) is 6.54 Å². The van der Waals surface area contributed by atoms with Gasteiger partial charge in [-0.3, -0.25) is 0 Å². The van der Waals surface area contributed by atoms with Crippen LogP contribution >= 0.6 is 24.8 Å². The van der Waals surface area contributed by atoms with E-state index >= 15 is 0 Å². The third-order valence-corrected chi connectivity index (χ3v) is 4.89. The molecular weight excluding hydrogens is 373 g/mol. The Bertz CT molecular complexity index is 739. The summed E-state index contributed by atoms with van der Waals surface area (Å²) in [5.41, 5.74) is 7.10. The Hall–Kier alpha value is -1.44. The zero-order valence-corrected chi connectivity index (χ0v) is 16.8. The molecule has 0 saturated heterocycles. The molecule has 0 atom stereocenters. The highest BCUT2D eigenvalue weighted by molar-refractivity contribution is 5.85. The molecule has 2 heterocycles. The van der Waals surface area contributed by atoms with Crippen LogP contribution in [0, 0.1) is 13.8 Å². The van der Waals surface area contributed by atoms with E-state index in [0.717, 1.165) is 54.9 Å². The fourth-order valence-corrected chi connectivity index (χ4v) is 3.28. The smallest absolute Gasteiger partial charge is 0.147 e. The number of hydrogen-bond donors (Lipinski definition) is 2. The molecule has 4 rings (SSSR count). The van der Waals surface area contributed by atoms with Crippen molar-refractivity contribution >= 4 is 30.6 Å². The van der Waals surface area contributed by atoms with Crippen LogP contribution in [0.15, 0.2) is 6.07 Å². The normalized spacial score (nSPS) is 21.3. The lowest BCUT2D eigenvalue weighted by molar-refractivity contribution is 0.344. The van der Waals surface area contributed by atoms with Gasteiger partial charge in [0.25, 0.3) is 0 Å². The van der Waals surface area contributed by atoms with E-state index in [0.29, 0.717) is 17.9 Å². The predicted molar refractivity (Wildman–Crippen MR) is 106 cm³/mol. The third-order valence-electron chi connectivity index (χ3n) is 4.89. The van der Waals surface area contributed by atoms with Crippen molar-refractivity contribution in [3.8, 4) is 0 Å². The topological polar surface area (TPSA) is 94.5 Å². The van der Waals surface area contributed by atoms with Crippen molar-refractivity contribution in [1.29, 1.82) is 0 Å². The van der Waals surface area contributed by atoms with Crippen LogP contribution in [0.3, 0.4) is 0 Å². The largest absolute Gasteiger partial charge is 0.368 e. The molecule has 0 aromatic carbocycles. The fraction of sp³-hybridized carbons (Fsp3) is 0.647. The van der Waals surface area contributed by atoms with Gasteiger partial charge in [-0.2, -0.15) is 5.10 Å². The van der Waals surface area contributed by atoms with Gasteiger partial charge in [-0.25, -0.2) is 19.6 Å². The molecule has 0 aliphatic heterocycles. The summed E-state index contributed by atoms with van der Waals surface area (Å²) in [7, 11) is 0. The van der Waals surface area contributed by atoms with E-state index in [1.807, 2.05) is 18.5 Å². The van der Waals surface area contributed by atoms with Gasteiger partial charge in [0.15, 0.2) is 0 Å². The molecule has 2 aliphatic rings. The molecule has 144 valence electrons. The molecule has 2 aromatic heterocycles. The van der Waals surface area contributed by atoms with Crippen molar-refractivity contribution in [3.63, 3.8) is 0 Å². The zero-order valence-electron chi connectivity index (χ0n) is 15.2. The van der Waals surface area contributed by atoms with E-state index in [9.17, 15) is 0 Å². The van der Waals surface area contributed by atoms with Crippen molar-refractivity contribution in [1.82, 2.24) is 24.7 Å². The van der Waals surface area contributed by atoms with Gasteiger partial charge in [0.2, 0.25) is 0 Å². The van der Waals surface area contributed by atoms with Gasteiger partial charge in [-0.1, -0.05) is 0 Å². The lowest BCUT2D eigenvalue weighted by Gasteiger charge is -2.32. The first-order chi connectivity index (χ1) is 11.6. The minimum atomic E-state index is 0. The molecule has 0 unspecified atom stereocenters. The molecule has 26 heavy (non-hydrogen) atoms. The van der Waals surface area contributed by atoms with Crippen LogP contribution in [0.2, 0.25) is 0 Å². The average Bonchev–Trinajstić information content (AvgIpc) is 3.30. The van der Waals surface area contributed by atoms with Crippen molar-refractivity contribution in [2.24, 2.45) is 5.73 Å². The van der Waals surface area contributed by atoms with Gasteiger partial charge >= 0.3 is 0 Å². The summed E-state index contributed by atoms with van der Waals surface area (Å²) in [4.78, 5) is 13.8. The van der Waals surface area contributed by atoms with Gasteiger partial charge in [0.1, 0.15) is 23.3 Å². The summed E-state index contributed by atoms with van der Waals surface area (Å²) in [6, 6.07) is 2.44. The Balaban J connectivity index is 0.00000121. The summed E-state index contributed by atoms with van der Waals surface area (Å²) >= 11 is 0. The van der Waals surface area contributed by atoms with Crippen LogP contribution in [0.25, 0.3) is 0 Å². The SMILES string of the molecule is Cc1nc(C)n(CCNc2cc(C3CC(N)C3)nc(C3CC3)n2)n1.Cl.Cl. The van der Waals surface area contributed by atoms with Crippen molar-refractivity contribution < 1.29 is 0 Å². The monoisotopic (exact) mass is 399 g/mol. The minimum Gasteiger partial charge on any atom is -0.368 e. The summed E-state index contributed by atoms with van der Waals surface area (Å²) < 4.78 is 1.93. The number of nitrogens with two attached hydrogens (primary N) is 1. The van der Waals surface area contributed by atoms with E-state index in [-0.39, 0.29) is 24.8 Å². The Morgan fingerprint density at radius 2 is 1.85 bits per heavy atom. The second-order valence-electron chi connectivity index (χ2n) is 7.10. The number of rotatable bonds is 6. The third kappa shape index (κ3) is 4.64. The molecule has 0 amide bonds. The number of hydrogen-bond acceptors (Lipinski definition) is 6. The number of aromatic nitrogens is 5. The zero-order chi connectivity index (χ0) is 16.7. The highest BCUT2D eigenvalue weighted by Gasteiger charge is 2.32. The standard InChI is InChI=1S/C17H25N7.2ClH/c1-10-20-11(2)24(23-10)6-5-19-16-9-15(13-7-14(18)8-13)21-17(22-16)12-3-4-12;;/h9,12-14H,3-8,18H2,1-2H3,(H,19,21,22);2*1H. The molecule has 7 nitrogen and oxygen atoms in total. The van der Waals surface area contributed by atoms with Gasteiger partial charge in [0.05, 0.1) is 6.54 Å². The first-order valence-electron chi connectivity index (χ1n) is 8.85. The predicted octanol–water partition coefficient (Wildman–Crippen LogP) is 2.72. The van der Waals surface area contributed by atoms with E-state index in [1.54, 1.807) is 0 Å². The Labute approximate surface area is 166 Å². The van der Waals surface area contributed by atoms with Crippen molar-refractivity contribution in [3.05, 3.63) is 29.2 Å². The summed E-state index contributed by atoms with van der Waals surface area (Å²) in [6.45, 7) is 5.44. The Morgan fingerprint density at radius 3 is 2.42 bits per heavy atom. The number of nitrogens with zero attached hydrogens (tertiary/aromatic N) is 5. The average molecular weight is 400 g/mol. The summed E-state index contributed by atoms with van der Waals surface area (Å²) in [5, 5.41) is 7.83. The molecular formula is C17H27Cl2N7. The van der Waals surface area contributed by atoms with Gasteiger partial charge in [-0.05, 0) is 39.5 Å². The molecule has 9 heteroatoms. The van der Waals surface area contributed by atoms with Gasteiger partial charge in [0, 0.05) is 36.2 Å². The summed E-state index contributed by atoms with van der Waals surface area (Å²) in [5.74, 6) is 4.75. The van der Waals surface area contributed by atoms with Crippen molar-refractivity contribution in [2.75, 3.05) is 11.9 Å². The molecule has 2 aliphatic carbocycles. The molecule has 3 N–H and O–H groups in total. The first kappa shape index (κ1) is 20.9. The van der Waals surface area contributed by atoms with E-state index in [2.05, 4.69) is 21.5 Å². The number of anilines is 1. The number of aryl methyl sites for hydroxylation is 2. The van der Waals surface area contributed by atoms with E-state index in [4.69, 9.17) is 15.7 Å². The molecule has 2 aromatic rings. The van der Waals surface area contributed by atoms with Gasteiger partial charge < -0.3 is 11.1 Å². The Morgan fingerprint density at radius 1 is 1.12 bits per heavy atom. The van der Waals surface area contributed by atoms with Gasteiger partial charge in [-0.15, -0.1) is 24.8 Å². The lowest BCUT2D eigenvalue weighted by atomic mass is 9.78. The molecule has 2 saturated carbocycles. The maximum atomic E-state index is 5.94. The number of halogens is 2. The number of nitrogens with one attached hydrogen (secondary N) is 1. The molecule has 2 fully saturated rings. The maximum absolute atomic E-state index is 5.94. The molecule has 0 bridgehead atoms. The maximum Gasteiger partial charge on any atom is 0.147 e. The van der Waals surface area contributed by atoms with Crippen LogP contribution in [0.4, 0.5) is 5.82 Å². The quantitative estimate of drug-likeness (QED) is 0.774. The highest BCUT2D eigenvalue weighted by Crippen LogP contribution is 2.41. The van der Waals surface area contributed by atoms with E-state index in [1.165, 1.54) is 12.8 Å². The van der Waals surface area contributed by atoms with E-state index < -0.39 is 0 Å². The fourth-order valence-electron chi connectivity index (χ4n) is 3.28. The Kier molecular flexibility index (Phi) is 6.82. The van der Waals surface area contributed by atoms with Crippen LogP contribution in [0.5, 0.6) is 0 Å². The highest BCUT2D eigenvalue weighted by atomic mass is 35.5. The van der Waals surface area contributed by atoms with Crippen LogP contribution < -0.4 is 11.1 Å². The lowest BCUT2D eigenvalue weighted by Crippen LogP contribution is -2.35. The molecule has 0 spiro atoms. The minimum absolute atomic E-state index is 0. The molecule has 0 radical (unpaired) electrons. The first-order valence-corrected chi connectivity index (χ1v) is 8.85. The second-order valence-corrected chi connectivity index (χ2v) is 7.10. The van der Waals surface area contributed by atoms with Crippen LogP contribution in [0.1, 0.15) is 60.7 Å².